The molecule has 1 heterocycles. The van der Waals surface area contributed by atoms with E-state index in [1.807, 2.05) is 0 Å². The average Bonchev–Trinajstić information content (AvgIpc) is 2.56. The van der Waals surface area contributed by atoms with Crippen molar-refractivity contribution in [3.05, 3.63) is 60.2 Å². The summed E-state index contributed by atoms with van der Waals surface area (Å²) < 4.78 is 0. The first-order valence-corrected chi connectivity index (χ1v) is 8.10. The molecule has 0 aromatic heterocycles. The molecule has 1 aliphatic carbocycles. The van der Waals surface area contributed by atoms with Crippen LogP contribution in [0.2, 0.25) is 0 Å². The lowest BCUT2D eigenvalue weighted by atomic mass is 9.80. The predicted octanol–water partition coefficient (Wildman–Crippen LogP) is 3.33. The Hall–Kier alpha value is -1.38. The van der Waals surface area contributed by atoms with E-state index in [-0.39, 0.29) is 12.1 Å². The molecule has 0 saturated carbocycles. The number of allylic oxidation sites excluding steroid dienone is 2. The molecule has 1 fully saturated rings. The second-order valence-corrected chi connectivity index (χ2v) is 6.28. The zero-order valence-corrected chi connectivity index (χ0v) is 12.6. The molecule has 21 heavy (non-hydrogen) atoms. The van der Waals surface area contributed by atoms with Gasteiger partial charge < -0.3 is 5.11 Å². The zero-order valence-electron chi connectivity index (χ0n) is 12.6. The van der Waals surface area contributed by atoms with Crippen LogP contribution in [0.1, 0.15) is 31.2 Å². The first kappa shape index (κ1) is 14.6. The van der Waals surface area contributed by atoms with Crippen LogP contribution in [-0.2, 0) is 6.42 Å². The van der Waals surface area contributed by atoms with Crippen molar-refractivity contribution in [2.75, 3.05) is 13.2 Å². The van der Waals surface area contributed by atoms with Gasteiger partial charge >= 0.3 is 0 Å². The number of aliphatic hydroxyl groups is 1. The number of nitrogens with zero attached hydrogens (tertiary/aromatic N) is 1. The number of rotatable bonds is 4. The second kappa shape index (κ2) is 6.59. The maximum Gasteiger partial charge on any atom is 0.0587 e. The summed E-state index contributed by atoms with van der Waals surface area (Å²) in [4.78, 5) is 2.56. The molecule has 2 aliphatic rings. The van der Waals surface area contributed by atoms with E-state index in [0.29, 0.717) is 6.04 Å². The van der Waals surface area contributed by atoms with E-state index in [1.165, 1.54) is 18.4 Å². The maximum atomic E-state index is 9.79. The molecule has 1 N–H and O–H groups in total. The molecule has 0 amide bonds. The van der Waals surface area contributed by atoms with Crippen molar-refractivity contribution in [3.63, 3.8) is 0 Å². The van der Waals surface area contributed by atoms with Gasteiger partial charge in [0.15, 0.2) is 0 Å². The molecule has 2 unspecified atom stereocenters. The van der Waals surface area contributed by atoms with Gasteiger partial charge in [-0.3, -0.25) is 4.90 Å². The summed E-state index contributed by atoms with van der Waals surface area (Å²) >= 11 is 0. The number of hydrogen-bond donors (Lipinski definition) is 1. The third-order valence-electron chi connectivity index (χ3n) is 4.89. The van der Waals surface area contributed by atoms with Gasteiger partial charge in [0.1, 0.15) is 0 Å². The minimum atomic E-state index is 0.0317. The van der Waals surface area contributed by atoms with Crippen molar-refractivity contribution in [2.45, 2.75) is 43.7 Å². The Kier molecular flexibility index (Phi) is 4.57. The number of piperidine rings is 1. The third kappa shape index (κ3) is 3.12. The smallest absolute Gasteiger partial charge is 0.0587 e. The molecule has 1 aromatic rings. The van der Waals surface area contributed by atoms with Crippen molar-refractivity contribution in [2.24, 2.45) is 0 Å². The Labute approximate surface area is 127 Å². The topological polar surface area (TPSA) is 23.5 Å². The molecule has 1 aliphatic heterocycles. The lowest BCUT2D eigenvalue weighted by Crippen LogP contribution is -2.57. The zero-order chi connectivity index (χ0) is 14.5. The first-order chi connectivity index (χ1) is 10.3. The van der Waals surface area contributed by atoms with E-state index in [1.54, 1.807) is 0 Å². The Bertz CT molecular complexity index is 508. The number of benzene rings is 1. The quantitative estimate of drug-likeness (QED) is 0.916. The summed E-state index contributed by atoms with van der Waals surface area (Å²) in [6, 6.07) is 11.0. The summed E-state index contributed by atoms with van der Waals surface area (Å²) in [5.41, 5.74) is 1.41. The summed E-state index contributed by atoms with van der Waals surface area (Å²) in [7, 11) is 0. The SMILES string of the molecule is OCC1CCCCN1C1(Cc2ccccc2)C=CC=CC1. The van der Waals surface area contributed by atoms with Crippen LogP contribution in [0.3, 0.4) is 0 Å². The van der Waals surface area contributed by atoms with Gasteiger partial charge in [-0.05, 0) is 37.8 Å². The molecule has 0 radical (unpaired) electrons. The lowest BCUT2D eigenvalue weighted by Gasteiger charge is -2.49. The van der Waals surface area contributed by atoms with Crippen LogP contribution < -0.4 is 0 Å². The summed E-state index contributed by atoms with van der Waals surface area (Å²) in [5, 5.41) is 9.79. The Morgan fingerprint density at radius 2 is 2.00 bits per heavy atom. The lowest BCUT2D eigenvalue weighted by molar-refractivity contribution is 0.0175. The minimum absolute atomic E-state index is 0.0317. The van der Waals surface area contributed by atoms with Crippen LogP contribution in [0.4, 0.5) is 0 Å². The van der Waals surface area contributed by atoms with Gasteiger partial charge in [0.2, 0.25) is 0 Å². The van der Waals surface area contributed by atoms with Crippen LogP contribution in [0.25, 0.3) is 0 Å². The number of aliphatic hydroxyl groups excluding tert-OH is 1. The van der Waals surface area contributed by atoms with Crippen molar-refractivity contribution in [1.82, 2.24) is 4.90 Å². The van der Waals surface area contributed by atoms with Gasteiger partial charge in [-0.15, -0.1) is 0 Å². The fourth-order valence-corrected chi connectivity index (χ4v) is 3.83. The third-order valence-corrected chi connectivity index (χ3v) is 4.89. The number of likely N-dealkylation sites (tertiary alicyclic amines) is 1. The van der Waals surface area contributed by atoms with Gasteiger partial charge in [0, 0.05) is 11.6 Å². The van der Waals surface area contributed by atoms with Crippen LogP contribution in [0.5, 0.6) is 0 Å². The molecule has 2 nitrogen and oxygen atoms in total. The van der Waals surface area contributed by atoms with E-state index in [2.05, 4.69) is 59.5 Å². The molecular weight excluding hydrogens is 258 g/mol. The fraction of sp³-hybridized carbons (Fsp3) is 0.474. The summed E-state index contributed by atoms with van der Waals surface area (Å²) in [6.45, 7) is 1.37. The summed E-state index contributed by atoms with van der Waals surface area (Å²) in [6.07, 6.45) is 14.6. The second-order valence-electron chi connectivity index (χ2n) is 6.28. The molecule has 1 saturated heterocycles. The highest BCUT2D eigenvalue weighted by Gasteiger charge is 2.39. The average molecular weight is 283 g/mol. The molecule has 112 valence electrons. The predicted molar refractivity (Wildman–Crippen MR) is 87.2 cm³/mol. The van der Waals surface area contributed by atoms with E-state index >= 15 is 0 Å². The number of hydrogen-bond acceptors (Lipinski definition) is 2. The van der Waals surface area contributed by atoms with E-state index < -0.39 is 0 Å². The van der Waals surface area contributed by atoms with Gasteiger partial charge in [0.05, 0.1) is 6.61 Å². The summed E-state index contributed by atoms with van der Waals surface area (Å²) in [5.74, 6) is 0. The van der Waals surface area contributed by atoms with Gasteiger partial charge in [-0.25, -0.2) is 0 Å². The molecule has 0 bridgehead atoms. The minimum Gasteiger partial charge on any atom is -0.395 e. The first-order valence-electron chi connectivity index (χ1n) is 8.10. The van der Waals surface area contributed by atoms with Gasteiger partial charge in [-0.1, -0.05) is 61.1 Å². The van der Waals surface area contributed by atoms with Crippen molar-refractivity contribution in [1.29, 1.82) is 0 Å². The van der Waals surface area contributed by atoms with Gasteiger partial charge in [-0.2, -0.15) is 0 Å². The van der Waals surface area contributed by atoms with Crippen LogP contribution in [0.15, 0.2) is 54.6 Å². The van der Waals surface area contributed by atoms with E-state index in [0.717, 1.165) is 25.8 Å². The highest BCUT2D eigenvalue weighted by atomic mass is 16.3. The maximum absolute atomic E-state index is 9.79. The molecule has 2 atom stereocenters. The molecule has 1 aromatic carbocycles. The molecular formula is C19H25NO. The molecule has 3 rings (SSSR count). The molecule has 0 spiro atoms. The highest BCUT2D eigenvalue weighted by Crippen LogP contribution is 2.34. The Morgan fingerprint density at radius 3 is 2.71 bits per heavy atom. The van der Waals surface area contributed by atoms with Crippen molar-refractivity contribution < 1.29 is 5.11 Å². The normalized spacial score (nSPS) is 29.7. The van der Waals surface area contributed by atoms with E-state index in [4.69, 9.17) is 0 Å². The Morgan fingerprint density at radius 1 is 1.14 bits per heavy atom. The highest BCUT2D eigenvalue weighted by molar-refractivity contribution is 5.28. The Balaban J connectivity index is 1.89. The van der Waals surface area contributed by atoms with Crippen LogP contribution in [-0.4, -0.2) is 34.7 Å². The molecule has 2 heteroatoms. The van der Waals surface area contributed by atoms with Crippen molar-refractivity contribution >= 4 is 0 Å². The van der Waals surface area contributed by atoms with Gasteiger partial charge in [0.25, 0.3) is 0 Å². The standard InChI is InChI=1S/C19H25NO/c21-16-18-11-5-8-14-20(18)19(12-6-2-7-13-19)15-17-9-3-1-4-10-17/h1-4,6-7,9-10,12,18,21H,5,8,11,13-16H2. The van der Waals surface area contributed by atoms with E-state index in [9.17, 15) is 5.11 Å². The van der Waals surface area contributed by atoms with Crippen molar-refractivity contribution in [3.8, 4) is 0 Å². The van der Waals surface area contributed by atoms with Crippen LogP contribution in [0, 0.1) is 0 Å². The fourth-order valence-electron chi connectivity index (χ4n) is 3.83. The van der Waals surface area contributed by atoms with Crippen LogP contribution >= 0.6 is 0 Å². The largest absolute Gasteiger partial charge is 0.395 e. The monoisotopic (exact) mass is 283 g/mol.